The van der Waals surface area contributed by atoms with Gasteiger partial charge in [-0.1, -0.05) is 13.0 Å². The molecule has 0 aromatic heterocycles. The number of carbonyl (C=O) groups excluding carboxylic acids is 1. The van der Waals surface area contributed by atoms with Gasteiger partial charge in [0, 0.05) is 6.04 Å². The Kier molecular flexibility index (Phi) is 6.05. The van der Waals surface area contributed by atoms with E-state index >= 15 is 0 Å². The Labute approximate surface area is 105 Å². The maximum absolute atomic E-state index is 13.2. The Balaban J connectivity index is 0.00000256. The minimum Gasteiger partial charge on any atom is -0.327 e. The van der Waals surface area contributed by atoms with Crippen LogP contribution in [0.25, 0.3) is 0 Å². The fraction of sp³-hybridized carbons (Fsp3) is 0.364. The van der Waals surface area contributed by atoms with Crippen molar-refractivity contribution >= 4 is 24.0 Å². The van der Waals surface area contributed by atoms with Gasteiger partial charge >= 0.3 is 0 Å². The fourth-order valence-electron chi connectivity index (χ4n) is 1.09. The summed E-state index contributed by atoms with van der Waals surface area (Å²) < 4.78 is 26.0. The lowest BCUT2D eigenvalue weighted by Crippen LogP contribution is -2.34. The molecule has 96 valence electrons. The zero-order valence-electron chi connectivity index (χ0n) is 9.54. The molecule has 3 nitrogen and oxygen atoms in total. The maximum atomic E-state index is 13.2. The topological polar surface area (TPSA) is 55.1 Å². The third-order valence-electron chi connectivity index (χ3n) is 2.41. The lowest BCUT2D eigenvalue weighted by Gasteiger charge is -2.15. The lowest BCUT2D eigenvalue weighted by atomic mass is 10.0. The lowest BCUT2D eigenvalue weighted by molar-refractivity contribution is -0.119. The molecular formula is C11H15ClF2N2O. The first-order chi connectivity index (χ1) is 7.43. The molecule has 2 atom stereocenters. The van der Waals surface area contributed by atoms with Crippen molar-refractivity contribution in [2.24, 2.45) is 11.7 Å². The number of nitrogens with two attached hydrogens (primary N) is 1. The Morgan fingerprint density at radius 2 is 1.94 bits per heavy atom. The van der Waals surface area contributed by atoms with Crippen LogP contribution in [-0.4, -0.2) is 11.9 Å². The highest BCUT2D eigenvalue weighted by atomic mass is 35.5. The maximum Gasteiger partial charge on any atom is 0.228 e. The van der Waals surface area contributed by atoms with Crippen LogP contribution in [0.15, 0.2) is 18.2 Å². The molecule has 0 aliphatic heterocycles. The summed E-state index contributed by atoms with van der Waals surface area (Å²) in [5.74, 6) is -2.96. The first-order valence-electron chi connectivity index (χ1n) is 4.94. The molecule has 0 aliphatic rings. The fourth-order valence-corrected chi connectivity index (χ4v) is 1.09. The quantitative estimate of drug-likeness (QED) is 0.880. The van der Waals surface area contributed by atoms with E-state index in [2.05, 4.69) is 5.32 Å². The molecular weight excluding hydrogens is 250 g/mol. The number of nitrogens with one attached hydrogen (secondary N) is 1. The van der Waals surface area contributed by atoms with Gasteiger partial charge in [-0.25, -0.2) is 8.78 Å². The Bertz CT molecular complexity index is 399. The minimum atomic E-state index is -1.06. The molecule has 17 heavy (non-hydrogen) atoms. The SMILES string of the molecule is CC(N)C(C)C(=O)Nc1cccc(F)c1F.Cl. The van der Waals surface area contributed by atoms with Crippen LogP contribution in [0.5, 0.6) is 0 Å². The van der Waals surface area contributed by atoms with Gasteiger partial charge in [0.1, 0.15) is 0 Å². The second kappa shape index (κ2) is 6.51. The number of hydrogen-bond donors (Lipinski definition) is 2. The molecule has 1 rings (SSSR count). The molecule has 0 saturated heterocycles. The standard InChI is InChI=1S/C11H14F2N2O.ClH/c1-6(7(2)14)11(16)15-9-5-3-4-8(12)10(9)13;/h3-7H,14H2,1-2H3,(H,15,16);1H. The van der Waals surface area contributed by atoms with Crippen LogP contribution in [0.2, 0.25) is 0 Å². The van der Waals surface area contributed by atoms with Crippen LogP contribution < -0.4 is 11.1 Å². The summed E-state index contributed by atoms with van der Waals surface area (Å²) in [6.07, 6.45) is 0. The zero-order chi connectivity index (χ0) is 12.3. The molecule has 1 aromatic carbocycles. The van der Waals surface area contributed by atoms with Gasteiger partial charge in [-0.05, 0) is 19.1 Å². The van der Waals surface area contributed by atoms with Crippen LogP contribution in [-0.2, 0) is 4.79 Å². The Hall–Kier alpha value is -1.20. The predicted octanol–water partition coefficient (Wildman–Crippen LogP) is 2.31. The molecule has 0 heterocycles. The Morgan fingerprint density at radius 3 is 2.47 bits per heavy atom. The number of rotatable bonds is 3. The van der Waals surface area contributed by atoms with Gasteiger partial charge in [0.2, 0.25) is 5.91 Å². The third kappa shape index (κ3) is 3.94. The number of amides is 1. The molecule has 2 unspecified atom stereocenters. The van der Waals surface area contributed by atoms with Crippen molar-refractivity contribution in [2.75, 3.05) is 5.32 Å². The molecule has 0 saturated carbocycles. The number of halogens is 3. The molecule has 1 amide bonds. The number of benzene rings is 1. The predicted molar refractivity (Wildman–Crippen MR) is 65.0 cm³/mol. The van der Waals surface area contributed by atoms with Crippen LogP contribution in [0, 0.1) is 17.6 Å². The summed E-state index contributed by atoms with van der Waals surface area (Å²) in [7, 11) is 0. The van der Waals surface area contributed by atoms with Gasteiger partial charge in [-0.3, -0.25) is 4.79 Å². The van der Waals surface area contributed by atoms with E-state index < -0.39 is 23.5 Å². The van der Waals surface area contributed by atoms with Gasteiger partial charge < -0.3 is 11.1 Å². The normalized spacial score (nSPS) is 13.5. The summed E-state index contributed by atoms with van der Waals surface area (Å²) in [5, 5.41) is 2.30. The van der Waals surface area contributed by atoms with Crippen LogP contribution in [0.1, 0.15) is 13.8 Å². The molecule has 0 bridgehead atoms. The zero-order valence-corrected chi connectivity index (χ0v) is 10.4. The van der Waals surface area contributed by atoms with E-state index in [1.165, 1.54) is 12.1 Å². The smallest absolute Gasteiger partial charge is 0.228 e. The molecule has 3 N–H and O–H groups in total. The second-order valence-corrected chi connectivity index (χ2v) is 3.74. The number of carbonyl (C=O) groups is 1. The Morgan fingerprint density at radius 1 is 1.35 bits per heavy atom. The number of hydrogen-bond acceptors (Lipinski definition) is 2. The van der Waals surface area contributed by atoms with E-state index in [4.69, 9.17) is 5.73 Å². The molecule has 0 radical (unpaired) electrons. The van der Waals surface area contributed by atoms with Crippen LogP contribution in [0.3, 0.4) is 0 Å². The highest BCUT2D eigenvalue weighted by Gasteiger charge is 2.19. The van der Waals surface area contributed by atoms with Gasteiger partial charge in [0.05, 0.1) is 11.6 Å². The van der Waals surface area contributed by atoms with Gasteiger partial charge in [0.15, 0.2) is 11.6 Å². The summed E-state index contributed by atoms with van der Waals surface area (Å²) >= 11 is 0. The van der Waals surface area contributed by atoms with Crippen LogP contribution in [0.4, 0.5) is 14.5 Å². The van der Waals surface area contributed by atoms with Crippen molar-refractivity contribution in [2.45, 2.75) is 19.9 Å². The van der Waals surface area contributed by atoms with Gasteiger partial charge in [0.25, 0.3) is 0 Å². The van der Waals surface area contributed by atoms with E-state index in [0.29, 0.717) is 0 Å². The second-order valence-electron chi connectivity index (χ2n) is 3.74. The van der Waals surface area contributed by atoms with E-state index in [1.54, 1.807) is 13.8 Å². The summed E-state index contributed by atoms with van der Waals surface area (Å²) in [4.78, 5) is 11.5. The number of anilines is 1. The van der Waals surface area contributed by atoms with E-state index in [9.17, 15) is 13.6 Å². The molecule has 0 spiro atoms. The average Bonchev–Trinajstić information content (AvgIpc) is 2.23. The summed E-state index contributed by atoms with van der Waals surface area (Å²) in [6, 6.07) is 3.26. The van der Waals surface area contributed by atoms with Crippen LogP contribution >= 0.6 is 12.4 Å². The minimum absolute atomic E-state index is 0. The first kappa shape index (κ1) is 15.8. The van der Waals surface area contributed by atoms with E-state index in [1.807, 2.05) is 0 Å². The highest BCUT2D eigenvalue weighted by molar-refractivity contribution is 5.92. The molecule has 0 fully saturated rings. The molecule has 0 aliphatic carbocycles. The van der Waals surface area contributed by atoms with E-state index in [0.717, 1.165) is 6.07 Å². The summed E-state index contributed by atoms with van der Waals surface area (Å²) in [6.45, 7) is 3.30. The largest absolute Gasteiger partial charge is 0.327 e. The monoisotopic (exact) mass is 264 g/mol. The highest BCUT2D eigenvalue weighted by Crippen LogP contribution is 2.17. The first-order valence-corrected chi connectivity index (χ1v) is 4.94. The van der Waals surface area contributed by atoms with Crippen molar-refractivity contribution in [3.8, 4) is 0 Å². The summed E-state index contributed by atoms with van der Waals surface area (Å²) in [5.41, 5.74) is 5.36. The molecule has 1 aromatic rings. The van der Waals surface area contributed by atoms with Crippen molar-refractivity contribution in [3.05, 3.63) is 29.8 Å². The van der Waals surface area contributed by atoms with Gasteiger partial charge in [-0.15, -0.1) is 12.4 Å². The van der Waals surface area contributed by atoms with Crippen molar-refractivity contribution in [1.82, 2.24) is 0 Å². The van der Waals surface area contributed by atoms with Crippen molar-refractivity contribution in [3.63, 3.8) is 0 Å². The van der Waals surface area contributed by atoms with Gasteiger partial charge in [-0.2, -0.15) is 0 Å². The van der Waals surface area contributed by atoms with E-state index in [-0.39, 0.29) is 24.1 Å². The third-order valence-corrected chi connectivity index (χ3v) is 2.41. The van der Waals surface area contributed by atoms with Crippen molar-refractivity contribution < 1.29 is 13.6 Å². The average molecular weight is 265 g/mol. The van der Waals surface area contributed by atoms with Crippen molar-refractivity contribution in [1.29, 1.82) is 0 Å². The molecule has 6 heteroatoms.